The summed E-state index contributed by atoms with van der Waals surface area (Å²) in [7, 11) is 0. The number of benzene rings is 2. The van der Waals surface area contributed by atoms with Crippen LogP contribution < -0.4 is 0 Å². The third kappa shape index (κ3) is 5.65. The molecule has 182 valence electrons. The van der Waals surface area contributed by atoms with Crippen molar-refractivity contribution in [2.75, 3.05) is 0 Å². The van der Waals surface area contributed by atoms with Gasteiger partial charge in [-0.2, -0.15) is 0 Å². The summed E-state index contributed by atoms with van der Waals surface area (Å²) in [5.74, 6) is 0. The molecule has 2 aromatic rings. The Labute approximate surface area is 215 Å². The number of hydrogen-bond donors (Lipinski definition) is 0. The van der Waals surface area contributed by atoms with Crippen LogP contribution in [0.5, 0.6) is 0 Å². The van der Waals surface area contributed by atoms with Gasteiger partial charge < -0.3 is 0 Å². The number of rotatable bonds is 13. The zero-order chi connectivity index (χ0) is 25.5. The van der Waals surface area contributed by atoms with Crippen molar-refractivity contribution in [3.63, 3.8) is 0 Å². The first-order chi connectivity index (χ1) is 16.2. The fourth-order valence-electron chi connectivity index (χ4n) is 5.50. The first-order valence-corrected chi connectivity index (χ1v) is 24.2. The van der Waals surface area contributed by atoms with Crippen LogP contribution in [0.2, 0.25) is 31.5 Å². The second-order valence-electron chi connectivity index (χ2n) is 9.75. The van der Waals surface area contributed by atoms with Crippen molar-refractivity contribution in [2.45, 2.75) is 73.1 Å². The quantitative estimate of drug-likeness (QED) is 0.165. The van der Waals surface area contributed by atoms with Crippen LogP contribution in [0.3, 0.4) is 0 Å². The van der Waals surface area contributed by atoms with E-state index in [0.29, 0.717) is 0 Å². The molecule has 0 N–H and O–H groups in total. The maximum atomic E-state index is 4.54. The standard InChI is InChI=1S/C32H46Ge2/c1-11-33(12-2,13-3)27(9)25(7)29-17-21-31(22-18-29)32-23-19-30(20-24-32)26(8)28(10)34(14-4,15-5)16-6/h17-24H,7-16H2,1-6H3. The van der Waals surface area contributed by atoms with E-state index in [4.69, 9.17) is 0 Å². The summed E-state index contributed by atoms with van der Waals surface area (Å²) >= 11 is -4.15. The van der Waals surface area contributed by atoms with Gasteiger partial charge >= 0.3 is 217 Å². The van der Waals surface area contributed by atoms with Gasteiger partial charge in [-0.05, 0) is 0 Å². The maximum absolute atomic E-state index is 4.54. The topological polar surface area (TPSA) is 0 Å². The molecule has 0 spiro atoms. The second-order valence-corrected chi connectivity index (χ2v) is 31.9. The van der Waals surface area contributed by atoms with Gasteiger partial charge in [0.2, 0.25) is 0 Å². The fraction of sp³-hybridized carbons (Fsp3) is 0.375. The molecule has 0 bridgehead atoms. The molecule has 0 amide bonds. The molecule has 0 radical (unpaired) electrons. The van der Waals surface area contributed by atoms with Crippen molar-refractivity contribution < 1.29 is 0 Å². The fourth-order valence-corrected chi connectivity index (χ4v) is 20.5. The van der Waals surface area contributed by atoms with Crippen LogP contribution in [0.25, 0.3) is 22.3 Å². The molecule has 0 fully saturated rings. The van der Waals surface area contributed by atoms with E-state index in [1.807, 2.05) is 0 Å². The van der Waals surface area contributed by atoms with Gasteiger partial charge in [-0.15, -0.1) is 0 Å². The number of allylic oxidation sites excluding steroid dienone is 4. The van der Waals surface area contributed by atoms with Crippen LogP contribution in [-0.2, 0) is 0 Å². The Morgan fingerprint density at radius 2 is 0.706 bits per heavy atom. The van der Waals surface area contributed by atoms with E-state index in [9.17, 15) is 0 Å². The molecular weight excluding hydrogens is 530 g/mol. The summed E-state index contributed by atoms with van der Waals surface area (Å²) in [6.07, 6.45) is 0. The first kappa shape index (κ1) is 28.7. The third-order valence-corrected chi connectivity index (χ3v) is 32.5. The average molecular weight is 576 g/mol. The minimum absolute atomic E-state index is 1.15. The van der Waals surface area contributed by atoms with Crippen molar-refractivity contribution in [1.82, 2.24) is 0 Å². The van der Waals surface area contributed by atoms with Crippen LogP contribution in [0.4, 0.5) is 0 Å². The van der Waals surface area contributed by atoms with Gasteiger partial charge in [0.05, 0.1) is 0 Å². The van der Waals surface area contributed by atoms with Crippen molar-refractivity contribution in [2.24, 2.45) is 0 Å². The zero-order valence-corrected chi connectivity index (χ0v) is 26.9. The summed E-state index contributed by atoms with van der Waals surface area (Å²) in [6.45, 7) is 32.1. The van der Waals surface area contributed by atoms with Crippen LogP contribution in [0.15, 0.2) is 83.7 Å². The Morgan fingerprint density at radius 3 is 0.912 bits per heavy atom. The van der Waals surface area contributed by atoms with Gasteiger partial charge in [0.15, 0.2) is 0 Å². The molecule has 2 heteroatoms. The molecule has 0 atom stereocenters. The molecule has 0 saturated heterocycles. The molecule has 0 aliphatic rings. The van der Waals surface area contributed by atoms with Gasteiger partial charge in [-0.1, -0.05) is 0 Å². The Bertz CT molecular complexity index is 912. The molecule has 0 heterocycles. The van der Waals surface area contributed by atoms with Gasteiger partial charge in [-0.25, -0.2) is 0 Å². The SMILES string of the molecule is C=C([C](=C)[Ge]([CH2]C)([CH2]C)[CH2]C)c1ccc(-c2ccc(C(=C)[C](=C)[Ge]([CH2]C)([CH2]C)[CH2]C)cc2)cc1. The van der Waals surface area contributed by atoms with Crippen LogP contribution in [0, 0.1) is 0 Å². The Kier molecular flexibility index (Phi) is 10.5. The van der Waals surface area contributed by atoms with E-state index < -0.39 is 26.5 Å². The first-order valence-electron chi connectivity index (χ1n) is 13.2. The normalized spacial score (nSPS) is 11.8. The van der Waals surface area contributed by atoms with E-state index in [0.717, 1.165) is 11.1 Å². The van der Waals surface area contributed by atoms with E-state index in [2.05, 4.69) is 116 Å². The van der Waals surface area contributed by atoms with Crippen molar-refractivity contribution in [1.29, 1.82) is 0 Å². The van der Waals surface area contributed by atoms with Crippen molar-refractivity contribution in [3.05, 3.63) is 94.8 Å². The molecule has 0 aromatic heterocycles. The minimum atomic E-state index is -2.07. The van der Waals surface area contributed by atoms with E-state index >= 15 is 0 Å². The predicted molar refractivity (Wildman–Crippen MR) is 163 cm³/mol. The van der Waals surface area contributed by atoms with E-state index in [1.54, 1.807) is 0 Å². The van der Waals surface area contributed by atoms with Crippen LogP contribution in [0.1, 0.15) is 52.7 Å². The zero-order valence-electron chi connectivity index (χ0n) is 22.7. The molecule has 34 heavy (non-hydrogen) atoms. The molecule has 2 rings (SSSR count). The molecule has 0 nitrogen and oxygen atoms in total. The van der Waals surface area contributed by atoms with Gasteiger partial charge in [0, 0.05) is 0 Å². The Balaban J connectivity index is 2.23. The van der Waals surface area contributed by atoms with Gasteiger partial charge in [0.25, 0.3) is 0 Å². The third-order valence-electron chi connectivity index (χ3n) is 8.87. The summed E-state index contributed by atoms with van der Waals surface area (Å²) < 4.78 is 2.74. The van der Waals surface area contributed by atoms with Gasteiger partial charge in [-0.3, -0.25) is 0 Å². The van der Waals surface area contributed by atoms with Crippen molar-refractivity contribution >= 4 is 37.7 Å². The summed E-state index contributed by atoms with van der Waals surface area (Å²) in [4.78, 5) is 0. The van der Waals surface area contributed by atoms with E-state index in [-0.39, 0.29) is 0 Å². The molecule has 0 saturated carbocycles. The van der Waals surface area contributed by atoms with Crippen LogP contribution in [-0.4, -0.2) is 26.5 Å². The number of hydrogen-bond acceptors (Lipinski definition) is 0. The monoisotopic (exact) mass is 578 g/mol. The predicted octanol–water partition coefficient (Wildman–Crippen LogP) is 10.6. The Hall–Kier alpha value is -1.51. The van der Waals surface area contributed by atoms with Gasteiger partial charge in [0.1, 0.15) is 0 Å². The Morgan fingerprint density at radius 1 is 0.471 bits per heavy atom. The molecule has 2 aromatic carbocycles. The second kappa shape index (κ2) is 12.4. The van der Waals surface area contributed by atoms with Crippen molar-refractivity contribution in [3.8, 4) is 11.1 Å². The molecule has 0 unspecified atom stereocenters. The summed E-state index contributed by atoms with van der Waals surface area (Å²) in [5.41, 5.74) is 7.19. The average Bonchev–Trinajstić information content (AvgIpc) is 2.90. The summed E-state index contributed by atoms with van der Waals surface area (Å²) in [6, 6.07) is 17.8. The van der Waals surface area contributed by atoms with Crippen LogP contribution >= 0.6 is 0 Å². The molecule has 0 aliphatic carbocycles. The molecular formula is C32H46Ge2. The summed E-state index contributed by atoms with van der Waals surface area (Å²) in [5, 5.41) is 7.70. The van der Waals surface area contributed by atoms with E-state index in [1.165, 1.54) is 62.6 Å². The molecule has 0 aliphatic heterocycles.